The third kappa shape index (κ3) is 6.35. The Kier molecular flexibility index (Phi) is 8.34. The first-order valence-electron chi connectivity index (χ1n) is 16.1. The molecule has 2 aromatic carbocycles. The molecule has 0 bridgehead atoms. The van der Waals surface area contributed by atoms with Crippen LogP contribution in [0.25, 0.3) is 22.2 Å². The number of pyridine rings is 2. The van der Waals surface area contributed by atoms with E-state index in [0.29, 0.717) is 47.3 Å². The quantitative estimate of drug-likeness (QED) is 0.166. The van der Waals surface area contributed by atoms with E-state index in [2.05, 4.69) is 44.4 Å². The minimum absolute atomic E-state index is 0.0513. The standard InChI is InChI=1S/C36H35F2N7O3/c1-22(2)44-15-10-27(11-16-44)45-21-23(19-41-45)30-18-31-28(20-40-30)32(9-14-39-31)48-33-8-7-26(17-29(33)38)43-35(47)36(12-13-36)34(46)42-25-5-3-24(37)4-6-25/h3-9,14,17-22,27H,10-13,15-16H2,1-2H3,(H,42,46)(H,43,47). The second kappa shape index (κ2) is 12.8. The van der Waals surface area contributed by atoms with Crippen molar-refractivity contribution < 1.29 is 23.1 Å². The predicted molar refractivity (Wildman–Crippen MR) is 178 cm³/mol. The van der Waals surface area contributed by atoms with Crippen molar-refractivity contribution in [2.24, 2.45) is 5.41 Å². The third-order valence-corrected chi connectivity index (χ3v) is 9.22. The number of carbonyl (C=O) groups is 2. The molecule has 2 amide bonds. The van der Waals surface area contributed by atoms with Crippen LogP contribution in [0.4, 0.5) is 20.2 Å². The fourth-order valence-electron chi connectivity index (χ4n) is 6.10. The van der Waals surface area contributed by atoms with Crippen LogP contribution in [0.15, 0.2) is 79.4 Å². The first-order valence-corrected chi connectivity index (χ1v) is 16.1. The summed E-state index contributed by atoms with van der Waals surface area (Å²) in [6, 6.07) is 13.7. The number of anilines is 2. The number of ether oxygens (including phenoxy) is 1. The van der Waals surface area contributed by atoms with Crippen LogP contribution in [-0.2, 0) is 9.59 Å². The van der Waals surface area contributed by atoms with E-state index in [9.17, 15) is 14.0 Å². The van der Waals surface area contributed by atoms with Crippen LogP contribution in [-0.4, -0.2) is 55.6 Å². The lowest BCUT2D eigenvalue weighted by Crippen LogP contribution is -2.39. The van der Waals surface area contributed by atoms with Crippen molar-refractivity contribution in [3.05, 3.63) is 91.0 Å². The van der Waals surface area contributed by atoms with Crippen molar-refractivity contribution in [2.45, 2.75) is 51.6 Å². The maximum Gasteiger partial charge on any atom is 0.240 e. The number of piperidine rings is 1. The zero-order valence-corrected chi connectivity index (χ0v) is 26.6. The highest BCUT2D eigenvalue weighted by Gasteiger charge is 2.56. The van der Waals surface area contributed by atoms with Crippen LogP contribution in [0, 0.1) is 17.0 Å². The van der Waals surface area contributed by atoms with E-state index in [-0.39, 0.29) is 11.4 Å². The lowest BCUT2D eigenvalue weighted by Gasteiger charge is -2.34. The highest BCUT2D eigenvalue weighted by atomic mass is 19.1. The topological polar surface area (TPSA) is 114 Å². The molecule has 0 atom stereocenters. The number of amides is 2. The summed E-state index contributed by atoms with van der Waals surface area (Å²) in [4.78, 5) is 37.5. The van der Waals surface area contributed by atoms with Gasteiger partial charge in [-0.2, -0.15) is 5.10 Å². The Balaban J connectivity index is 1.01. The number of nitrogens with one attached hydrogen (secondary N) is 2. The second-order valence-electron chi connectivity index (χ2n) is 12.7. The van der Waals surface area contributed by atoms with Gasteiger partial charge in [0.15, 0.2) is 11.6 Å². The van der Waals surface area contributed by atoms with Crippen molar-refractivity contribution in [3.8, 4) is 22.8 Å². The monoisotopic (exact) mass is 651 g/mol. The molecular weight excluding hydrogens is 616 g/mol. The molecule has 1 saturated carbocycles. The summed E-state index contributed by atoms with van der Waals surface area (Å²) in [7, 11) is 0. The summed E-state index contributed by atoms with van der Waals surface area (Å²) in [6.07, 6.45) is 9.89. The van der Waals surface area contributed by atoms with Gasteiger partial charge in [-0.25, -0.2) is 8.78 Å². The summed E-state index contributed by atoms with van der Waals surface area (Å²) in [5.74, 6) is -1.85. The maximum absolute atomic E-state index is 15.2. The van der Waals surface area contributed by atoms with Gasteiger partial charge in [0, 0.05) is 60.7 Å². The minimum Gasteiger partial charge on any atom is -0.453 e. The summed E-state index contributed by atoms with van der Waals surface area (Å²) < 4.78 is 36.5. The zero-order valence-electron chi connectivity index (χ0n) is 26.6. The van der Waals surface area contributed by atoms with E-state index in [1.165, 1.54) is 36.4 Å². The second-order valence-corrected chi connectivity index (χ2v) is 12.7. The number of likely N-dealkylation sites (tertiary alicyclic amines) is 1. The molecule has 3 aromatic heterocycles. The molecule has 2 aliphatic rings. The number of halogens is 2. The Morgan fingerprint density at radius 2 is 1.60 bits per heavy atom. The highest BCUT2D eigenvalue weighted by Crippen LogP contribution is 2.47. The molecule has 10 nitrogen and oxygen atoms in total. The average Bonchev–Trinajstić information content (AvgIpc) is 3.77. The van der Waals surface area contributed by atoms with Gasteiger partial charge in [0.25, 0.3) is 0 Å². The molecule has 5 aromatic rings. The third-order valence-electron chi connectivity index (χ3n) is 9.22. The lowest BCUT2D eigenvalue weighted by atomic mass is 10.0. The van der Waals surface area contributed by atoms with Crippen molar-refractivity contribution in [3.63, 3.8) is 0 Å². The molecule has 246 valence electrons. The van der Waals surface area contributed by atoms with Crippen LogP contribution >= 0.6 is 0 Å². The average molecular weight is 652 g/mol. The van der Waals surface area contributed by atoms with Crippen LogP contribution in [0.3, 0.4) is 0 Å². The molecule has 7 rings (SSSR count). The smallest absolute Gasteiger partial charge is 0.240 e. The van der Waals surface area contributed by atoms with E-state index >= 15 is 4.39 Å². The highest BCUT2D eigenvalue weighted by molar-refractivity contribution is 6.16. The molecule has 12 heteroatoms. The SMILES string of the molecule is CC(C)N1CCC(n2cc(-c3cc4nccc(Oc5ccc(NC(=O)C6(C(=O)Nc7ccc(F)cc7)CC6)cc5F)c4cn3)cn2)CC1. The van der Waals surface area contributed by atoms with Gasteiger partial charge in [0.05, 0.1) is 28.8 Å². The van der Waals surface area contributed by atoms with E-state index < -0.39 is 28.9 Å². The van der Waals surface area contributed by atoms with Crippen LogP contribution in [0.1, 0.15) is 45.6 Å². The van der Waals surface area contributed by atoms with Crippen LogP contribution in [0.5, 0.6) is 11.5 Å². The summed E-state index contributed by atoms with van der Waals surface area (Å²) in [6.45, 7) is 6.56. The molecule has 0 radical (unpaired) electrons. The Morgan fingerprint density at radius 3 is 2.29 bits per heavy atom. The van der Waals surface area contributed by atoms with Crippen LogP contribution in [0.2, 0.25) is 0 Å². The number of hydrogen-bond acceptors (Lipinski definition) is 7. The number of rotatable bonds is 9. The Morgan fingerprint density at radius 1 is 0.896 bits per heavy atom. The maximum atomic E-state index is 15.2. The molecule has 1 saturated heterocycles. The number of benzene rings is 2. The van der Waals surface area contributed by atoms with Crippen LogP contribution < -0.4 is 15.4 Å². The number of carbonyl (C=O) groups excluding carboxylic acids is 2. The number of fused-ring (bicyclic) bond motifs is 1. The zero-order chi connectivity index (χ0) is 33.4. The molecule has 1 aliphatic heterocycles. The lowest BCUT2D eigenvalue weighted by molar-refractivity contribution is -0.131. The van der Waals surface area contributed by atoms with Gasteiger partial charge in [-0.05, 0) is 88.1 Å². The summed E-state index contributed by atoms with van der Waals surface area (Å²) in [5.41, 5.74) is 1.54. The van der Waals surface area contributed by atoms with Gasteiger partial charge in [0.1, 0.15) is 17.0 Å². The number of aromatic nitrogens is 4. The molecule has 2 N–H and O–H groups in total. The van der Waals surface area contributed by atoms with Crippen molar-refractivity contribution in [2.75, 3.05) is 23.7 Å². The van der Waals surface area contributed by atoms with Gasteiger partial charge in [-0.3, -0.25) is 24.2 Å². The number of hydrogen-bond donors (Lipinski definition) is 2. The fourth-order valence-corrected chi connectivity index (χ4v) is 6.10. The van der Waals surface area contributed by atoms with Gasteiger partial charge >= 0.3 is 0 Å². The molecule has 0 unspecified atom stereocenters. The first-order chi connectivity index (χ1) is 23.2. The molecular formula is C36H35F2N7O3. The van der Waals surface area contributed by atoms with Crippen molar-refractivity contribution in [1.82, 2.24) is 24.6 Å². The largest absolute Gasteiger partial charge is 0.453 e. The van der Waals surface area contributed by atoms with Crippen molar-refractivity contribution in [1.29, 1.82) is 0 Å². The van der Waals surface area contributed by atoms with Gasteiger partial charge in [-0.15, -0.1) is 0 Å². The van der Waals surface area contributed by atoms with Gasteiger partial charge < -0.3 is 20.3 Å². The fraction of sp³-hybridized carbons (Fsp3) is 0.306. The van der Waals surface area contributed by atoms with Gasteiger partial charge in [0.2, 0.25) is 11.8 Å². The molecule has 2 fully saturated rings. The van der Waals surface area contributed by atoms with E-state index in [0.717, 1.165) is 43.3 Å². The Labute approximate surface area is 276 Å². The first kappa shape index (κ1) is 31.4. The normalized spacial score (nSPS) is 16.2. The Hall–Kier alpha value is -5.23. The minimum atomic E-state index is -1.27. The summed E-state index contributed by atoms with van der Waals surface area (Å²) in [5, 5.41) is 10.5. The van der Waals surface area contributed by atoms with E-state index in [1.54, 1.807) is 18.5 Å². The van der Waals surface area contributed by atoms with Crippen molar-refractivity contribution >= 4 is 34.1 Å². The number of nitrogens with zero attached hydrogens (tertiary/aromatic N) is 5. The Bertz CT molecular complexity index is 1980. The molecule has 48 heavy (non-hydrogen) atoms. The van der Waals surface area contributed by atoms with Gasteiger partial charge in [-0.1, -0.05) is 0 Å². The van der Waals surface area contributed by atoms with E-state index in [1.807, 2.05) is 23.1 Å². The molecule has 0 spiro atoms. The molecule has 1 aliphatic carbocycles. The predicted octanol–water partition coefficient (Wildman–Crippen LogP) is 6.97. The molecule has 4 heterocycles. The van der Waals surface area contributed by atoms with E-state index in [4.69, 9.17) is 4.74 Å². The summed E-state index contributed by atoms with van der Waals surface area (Å²) >= 11 is 0.